The molecule has 2 nitrogen and oxygen atoms in total. The van der Waals surface area contributed by atoms with Crippen molar-refractivity contribution in [3.05, 3.63) is 109 Å². The largest absolute Gasteiger partial charge is 0.497 e. The zero-order valence-electron chi connectivity index (χ0n) is 20.2. The number of rotatable bonds is 4. The van der Waals surface area contributed by atoms with Gasteiger partial charge in [-0.2, -0.15) is 0 Å². The summed E-state index contributed by atoms with van der Waals surface area (Å²) in [6.45, 7) is 0. The molecule has 172 valence electrons. The van der Waals surface area contributed by atoms with Gasteiger partial charge in [0.1, 0.15) is 11.5 Å². The van der Waals surface area contributed by atoms with Gasteiger partial charge in [0, 0.05) is 0 Å². The molecular weight excluding hydrogens is 440 g/mol. The monoisotopic (exact) mass is 464 g/mol. The van der Waals surface area contributed by atoms with Gasteiger partial charge in [-0.05, 0) is 89.6 Å². The Morgan fingerprint density at radius 2 is 0.722 bits per heavy atom. The second-order valence-corrected chi connectivity index (χ2v) is 9.23. The topological polar surface area (TPSA) is 18.5 Å². The van der Waals surface area contributed by atoms with Crippen molar-refractivity contribution in [1.82, 2.24) is 0 Å². The van der Waals surface area contributed by atoms with E-state index in [2.05, 4.69) is 84.9 Å². The van der Waals surface area contributed by atoms with E-state index in [-0.39, 0.29) is 0 Å². The normalized spacial score (nSPS) is 11.6. The molecule has 0 aromatic heterocycles. The Balaban J connectivity index is 1.54. The second kappa shape index (κ2) is 8.00. The molecule has 0 saturated heterocycles. The van der Waals surface area contributed by atoms with E-state index in [0.29, 0.717) is 0 Å². The lowest BCUT2D eigenvalue weighted by Crippen LogP contribution is -1.91. The molecule has 7 aromatic rings. The van der Waals surface area contributed by atoms with Gasteiger partial charge in [0.25, 0.3) is 0 Å². The van der Waals surface area contributed by atoms with Crippen LogP contribution < -0.4 is 9.47 Å². The van der Waals surface area contributed by atoms with Gasteiger partial charge in [-0.15, -0.1) is 0 Å². The third-order valence-corrected chi connectivity index (χ3v) is 7.46. The summed E-state index contributed by atoms with van der Waals surface area (Å²) >= 11 is 0. The van der Waals surface area contributed by atoms with Gasteiger partial charge >= 0.3 is 0 Å². The van der Waals surface area contributed by atoms with Crippen molar-refractivity contribution in [3.8, 4) is 33.8 Å². The maximum absolute atomic E-state index is 5.38. The Kier molecular flexibility index (Phi) is 4.62. The van der Waals surface area contributed by atoms with Crippen LogP contribution in [-0.2, 0) is 0 Å². The van der Waals surface area contributed by atoms with Crippen LogP contribution in [0, 0.1) is 0 Å². The van der Waals surface area contributed by atoms with Gasteiger partial charge in [-0.25, -0.2) is 0 Å². The van der Waals surface area contributed by atoms with Gasteiger partial charge in [-0.1, -0.05) is 84.9 Å². The lowest BCUT2D eigenvalue weighted by molar-refractivity contribution is 0.415. The fourth-order valence-corrected chi connectivity index (χ4v) is 5.76. The summed E-state index contributed by atoms with van der Waals surface area (Å²) < 4.78 is 10.8. The summed E-state index contributed by atoms with van der Waals surface area (Å²) in [4.78, 5) is 0. The first-order chi connectivity index (χ1) is 17.8. The molecule has 0 bridgehead atoms. The van der Waals surface area contributed by atoms with Gasteiger partial charge in [-0.3, -0.25) is 0 Å². The van der Waals surface area contributed by atoms with E-state index in [4.69, 9.17) is 9.47 Å². The van der Waals surface area contributed by atoms with Crippen LogP contribution in [0.5, 0.6) is 11.5 Å². The summed E-state index contributed by atoms with van der Waals surface area (Å²) in [5.41, 5.74) is 4.86. The Hall–Kier alpha value is -4.56. The third-order valence-electron chi connectivity index (χ3n) is 7.46. The molecule has 7 aromatic carbocycles. The zero-order valence-corrected chi connectivity index (χ0v) is 20.2. The van der Waals surface area contributed by atoms with E-state index >= 15 is 0 Å². The minimum Gasteiger partial charge on any atom is -0.497 e. The van der Waals surface area contributed by atoms with Crippen molar-refractivity contribution >= 4 is 43.1 Å². The van der Waals surface area contributed by atoms with Crippen LogP contribution in [0.25, 0.3) is 65.3 Å². The van der Waals surface area contributed by atoms with Crippen LogP contribution in [0.3, 0.4) is 0 Å². The highest BCUT2D eigenvalue weighted by Gasteiger charge is 2.17. The molecule has 0 saturated carbocycles. The quantitative estimate of drug-likeness (QED) is 0.191. The van der Waals surface area contributed by atoms with E-state index in [1.54, 1.807) is 14.2 Å². The van der Waals surface area contributed by atoms with Crippen LogP contribution in [-0.4, -0.2) is 14.2 Å². The molecule has 2 heteroatoms. The predicted molar refractivity (Wildman–Crippen MR) is 152 cm³/mol. The smallest absolute Gasteiger partial charge is 0.118 e. The Bertz CT molecular complexity index is 1720. The van der Waals surface area contributed by atoms with Crippen LogP contribution in [0.15, 0.2) is 109 Å². The van der Waals surface area contributed by atoms with Gasteiger partial charge in [0.05, 0.1) is 14.2 Å². The minimum atomic E-state index is 0.870. The first kappa shape index (κ1) is 20.8. The Labute approximate surface area is 209 Å². The number of benzene rings is 7. The van der Waals surface area contributed by atoms with Crippen molar-refractivity contribution in [2.75, 3.05) is 14.2 Å². The third kappa shape index (κ3) is 2.98. The van der Waals surface area contributed by atoms with E-state index < -0.39 is 0 Å². The number of hydrogen-bond acceptors (Lipinski definition) is 2. The number of fused-ring (bicyclic) bond motifs is 2. The highest BCUT2D eigenvalue weighted by Crippen LogP contribution is 2.45. The highest BCUT2D eigenvalue weighted by atomic mass is 16.5. The molecule has 0 aliphatic rings. The fourth-order valence-electron chi connectivity index (χ4n) is 5.76. The molecule has 0 fully saturated rings. The van der Waals surface area contributed by atoms with E-state index in [1.165, 1.54) is 65.3 Å². The molecule has 0 heterocycles. The molecule has 0 amide bonds. The van der Waals surface area contributed by atoms with E-state index in [0.717, 1.165) is 11.5 Å². The van der Waals surface area contributed by atoms with E-state index in [9.17, 15) is 0 Å². The molecule has 36 heavy (non-hydrogen) atoms. The van der Waals surface area contributed by atoms with Gasteiger partial charge < -0.3 is 9.47 Å². The second-order valence-electron chi connectivity index (χ2n) is 9.23. The molecular formula is C34H24O2. The average molecular weight is 465 g/mol. The molecule has 0 aliphatic heterocycles. The van der Waals surface area contributed by atoms with Crippen molar-refractivity contribution in [1.29, 1.82) is 0 Å². The highest BCUT2D eigenvalue weighted by molar-refractivity contribution is 6.35. The maximum Gasteiger partial charge on any atom is 0.118 e. The summed E-state index contributed by atoms with van der Waals surface area (Å²) in [6.07, 6.45) is 0. The van der Waals surface area contributed by atoms with Gasteiger partial charge in [0.2, 0.25) is 0 Å². The Morgan fingerprint density at radius 3 is 1.11 bits per heavy atom. The van der Waals surface area contributed by atoms with Crippen molar-refractivity contribution < 1.29 is 9.47 Å². The first-order valence-electron chi connectivity index (χ1n) is 12.2. The summed E-state index contributed by atoms with van der Waals surface area (Å²) in [5.74, 6) is 1.74. The molecule has 0 unspecified atom stereocenters. The molecule has 0 atom stereocenters. The standard InChI is InChI=1S/C34H24O2/c1-35-23-13-9-21(10-14-23)25-17-19-31-30-8-4-6-28-26(22-11-15-24(36-2)16-12-22)18-20-32(34(28)30)29-7-3-5-27(25)33(29)31/h3-20H,1-2H3. The van der Waals surface area contributed by atoms with Gasteiger partial charge in [0.15, 0.2) is 0 Å². The molecule has 0 aliphatic carbocycles. The van der Waals surface area contributed by atoms with Crippen LogP contribution in [0.1, 0.15) is 0 Å². The number of ether oxygens (including phenoxy) is 2. The SMILES string of the molecule is COc1ccc(-c2ccc3c4cccc5c(-c6ccc(OC)cc6)ccc(c6cccc2c63)c54)cc1. The predicted octanol–water partition coefficient (Wildman–Crippen LogP) is 9.09. The van der Waals surface area contributed by atoms with Crippen molar-refractivity contribution in [3.63, 3.8) is 0 Å². The van der Waals surface area contributed by atoms with Crippen LogP contribution >= 0.6 is 0 Å². The summed E-state index contributed by atoms with van der Waals surface area (Å²) in [6, 6.07) is 39.2. The molecule has 0 N–H and O–H groups in total. The Morgan fingerprint density at radius 1 is 0.361 bits per heavy atom. The summed E-state index contributed by atoms with van der Waals surface area (Å²) in [7, 11) is 3.41. The molecule has 0 radical (unpaired) electrons. The lowest BCUT2D eigenvalue weighted by Gasteiger charge is -2.18. The van der Waals surface area contributed by atoms with E-state index in [1.807, 2.05) is 24.3 Å². The summed E-state index contributed by atoms with van der Waals surface area (Å²) in [5, 5.41) is 10.4. The lowest BCUT2D eigenvalue weighted by atomic mass is 9.85. The fraction of sp³-hybridized carbons (Fsp3) is 0.0588. The molecule has 7 rings (SSSR count). The van der Waals surface area contributed by atoms with Crippen LogP contribution in [0.4, 0.5) is 0 Å². The number of methoxy groups -OCH3 is 2. The van der Waals surface area contributed by atoms with Crippen molar-refractivity contribution in [2.45, 2.75) is 0 Å². The van der Waals surface area contributed by atoms with Crippen molar-refractivity contribution in [2.24, 2.45) is 0 Å². The number of hydrogen-bond donors (Lipinski definition) is 0. The zero-order chi connectivity index (χ0) is 24.2. The first-order valence-corrected chi connectivity index (χ1v) is 12.2. The average Bonchev–Trinajstić information content (AvgIpc) is 2.95. The maximum atomic E-state index is 5.38. The minimum absolute atomic E-state index is 0.870. The van der Waals surface area contributed by atoms with Crippen LogP contribution in [0.2, 0.25) is 0 Å². The molecule has 0 spiro atoms.